The number of carbonyl (C=O) groups excluding carboxylic acids is 2. The molecule has 1 fully saturated rings. The van der Waals surface area contributed by atoms with Crippen molar-refractivity contribution in [3.8, 4) is 5.75 Å². The second-order valence-corrected chi connectivity index (χ2v) is 7.77. The summed E-state index contributed by atoms with van der Waals surface area (Å²) >= 11 is 0. The summed E-state index contributed by atoms with van der Waals surface area (Å²) < 4.78 is 11.7. The first-order valence-corrected chi connectivity index (χ1v) is 10.0. The third kappa shape index (κ3) is 4.16. The van der Waals surface area contributed by atoms with Crippen molar-refractivity contribution in [3.63, 3.8) is 0 Å². The van der Waals surface area contributed by atoms with E-state index in [9.17, 15) is 9.59 Å². The molecule has 1 aliphatic rings. The summed E-state index contributed by atoms with van der Waals surface area (Å²) in [7, 11) is 2.10. The van der Waals surface area contributed by atoms with E-state index >= 15 is 0 Å². The molecule has 2 heterocycles. The summed E-state index contributed by atoms with van der Waals surface area (Å²) in [5, 5.41) is 3.42. The maximum absolute atomic E-state index is 12.9. The monoisotopic (exact) mass is 407 g/mol. The molecule has 3 N–H and O–H groups in total. The van der Waals surface area contributed by atoms with Gasteiger partial charge >= 0.3 is 0 Å². The zero-order valence-corrected chi connectivity index (χ0v) is 17.1. The van der Waals surface area contributed by atoms with Crippen LogP contribution in [0.4, 0.5) is 5.69 Å². The molecule has 0 atom stereocenters. The molecule has 156 valence electrons. The molecule has 2 amide bonds. The fourth-order valence-corrected chi connectivity index (χ4v) is 3.69. The molecular weight excluding hydrogens is 382 g/mol. The molecule has 0 saturated carbocycles. The van der Waals surface area contributed by atoms with E-state index in [1.165, 1.54) is 0 Å². The van der Waals surface area contributed by atoms with Crippen molar-refractivity contribution in [1.29, 1.82) is 0 Å². The Hall–Kier alpha value is -3.32. The van der Waals surface area contributed by atoms with Crippen LogP contribution in [0.5, 0.6) is 5.75 Å². The third-order valence-corrected chi connectivity index (χ3v) is 5.37. The highest BCUT2D eigenvalue weighted by Crippen LogP contribution is 2.32. The van der Waals surface area contributed by atoms with Gasteiger partial charge in [0.05, 0.1) is 0 Å². The van der Waals surface area contributed by atoms with Gasteiger partial charge < -0.3 is 25.1 Å². The first-order valence-electron chi connectivity index (χ1n) is 10.0. The second-order valence-electron chi connectivity index (χ2n) is 7.77. The Morgan fingerprint density at radius 2 is 1.93 bits per heavy atom. The number of amides is 2. The van der Waals surface area contributed by atoms with Crippen molar-refractivity contribution < 1.29 is 18.7 Å². The van der Waals surface area contributed by atoms with Crippen molar-refractivity contribution in [3.05, 3.63) is 59.4 Å². The quantitative estimate of drug-likeness (QED) is 0.674. The number of nitrogens with one attached hydrogen (secondary N) is 1. The molecular formula is C23H25N3O4. The van der Waals surface area contributed by atoms with Crippen molar-refractivity contribution in [2.45, 2.75) is 25.9 Å². The molecule has 1 aliphatic heterocycles. The number of primary amides is 1. The summed E-state index contributed by atoms with van der Waals surface area (Å²) in [5.74, 6) is -0.518. The Bertz CT molecular complexity index is 1100. The summed E-state index contributed by atoms with van der Waals surface area (Å²) in [4.78, 5) is 27.0. The average Bonchev–Trinajstić information content (AvgIpc) is 3.07. The molecule has 0 unspecified atom stereocenters. The Morgan fingerprint density at radius 1 is 1.17 bits per heavy atom. The lowest BCUT2D eigenvalue weighted by Crippen LogP contribution is -2.35. The topological polar surface area (TPSA) is 97.8 Å². The van der Waals surface area contributed by atoms with Gasteiger partial charge in [-0.1, -0.05) is 12.1 Å². The van der Waals surface area contributed by atoms with Crippen LogP contribution in [0, 0.1) is 6.92 Å². The molecule has 1 aromatic heterocycles. The largest absolute Gasteiger partial charge is 0.490 e. The fourth-order valence-electron chi connectivity index (χ4n) is 3.69. The van der Waals surface area contributed by atoms with Crippen LogP contribution in [0.25, 0.3) is 11.0 Å². The number of anilines is 1. The molecule has 7 heteroatoms. The van der Waals surface area contributed by atoms with Gasteiger partial charge in [0.1, 0.15) is 23.1 Å². The van der Waals surface area contributed by atoms with Gasteiger partial charge in [-0.25, -0.2) is 0 Å². The van der Waals surface area contributed by atoms with Gasteiger partial charge in [0.25, 0.3) is 11.8 Å². The Balaban J connectivity index is 1.56. The molecule has 30 heavy (non-hydrogen) atoms. The van der Waals surface area contributed by atoms with Crippen LogP contribution in [-0.4, -0.2) is 43.0 Å². The summed E-state index contributed by atoms with van der Waals surface area (Å²) in [6, 6.07) is 12.5. The maximum Gasteiger partial charge on any atom is 0.286 e. The number of benzene rings is 2. The number of hydrogen-bond acceptors (Lipinski definition) is 5. The first kappa shape index (κ1) is 20.0. The van der Waals surface area contributed by atoms with Crippen molar-refractivity contribution in [2.75, 3.05) is 25.5 Å². The van der Waals surface area contributed by atoms with Gasteiger partial charge in [-0.2, -0.15) is 0 Å². The van der Waals surface area contributed by atoms with Crippen molar-refractivity contribution in [1.82, 2.24) is 4.90 Å². The Kier molecular flexibility index (Phi) is 5.46. The van der Waals surface area contributed by atoms with Crippen LogP contribution >= 0.6 is 0 Å². The van der Waals surface area contributed by atoms with Crippen LogP contribution in [0.1, 0.15) is 39.3 Å². The molecule has 0 aliphatic carbocycles. The van der Waals surface area contributed by atoms with Crippen LogP contribution in [0.2, 0.25) is 0 Å². The van der Waals surface area contributed by atoms with E-state index in [2.05, 4.69) is 17.3 Å². The molecule has 0 bridgehead atoms. The minimum atomic E-state index is -0.737. The summed E-state index contributed by atoms with van der Waals surface area (Å²) in [6.07, 6.45) is 2.05. The van der Waals surface area contributed by atoms with Crippen LogP contribution in [0.3, 0.4) is 0 Å². The molecule has 2 aromatic carbocycles. The number of carbonyl (C=O) groups is 2. The first-order chi connectivity index (χ1) is 14.4. The number of furan rings is 1. The minimum Gasteiger partial charge on any atom is -0.490 e. The molecule has 0 spiro atoms. The standard InChI is InChI=1S/C23H25N3O4/c1-14-6-7-18-19(12-14)30-21(22(24)27)20(18)25-23(28)15-4-3-5-17(13-15)29-16-8-10-26(2)11-9-16/h3-7,12-13,16H,8-11H2,1-2H3,(H2,24,27)(H,25,28). The highest BCUT2D eigenvalue weighted by molar-refractivity contribution is 6.14. The third-order valence-electron chi connectivity index (χ3n) is 5.37. The van der Waals surface area contributed by atoms with Gasteiger partial charge in [0.2, 0.25) is 5.76 Å². The van der Waals surface area contributed by atoms with Gasteiger partial charge in [-0.15, -0.1) is 0 Å². The number of aryl methyl sites for hydroxylation is 1. The van der Waals surface area contributed by atoms with Crippen molar-refractivity contribution in [2.24, 2.45) is 5.73 Å². The average molecular weight is 407 g/mol. The second kappa shape index (κ2) is 8.20. The lowest BCUT2D eigenvalue weighted by molar-refractivity contribution is 0.0977. The smallest absolute Gasteiger partial charge is 0.286 e. The lowest BCUT2D eigenvalue weighted by atomic mass is 10.1. The number of fused-ring (bicyclic) bond motifs is 1. The van der Waals surface area contributed by atoms with E-state index in [0.29, 0.717) is 22.3 Å². The zero-order valence-electron chi connectivity index (χ0n) is 17.1. The predicted molar refractivity (Wildman–Crippen MR) is 115 cm³/mol. The number of ether oxygens (including phenoxy) is 1. The van der Waals surface area contributed by atoms with E-state index in [4.69, 9.17) is 14.9 Å². The van der Waals surface area contributed by atoms with Crippen LogP contribution in [0.15, 0.2) is 46.9 Å². The van der Waals surface area contributed by atoms with Gasteiger partial charge in [0.15, 0.2) is 0 Å². The van der Waals surface area contributed by atoms with E-state index in [0.717, 1.165) is 31.5 Å². The van der Waals surface area contributed by atoms with Gasteiger partial charge in [-0.05, 0) is 62.7 Å². The van der Waals surface area contributed by atoms with Crippen molar-refractivity contribution >= 4 is 28.5 Å². The number of hydrogen-bond donors (Lipinski definition) is 2. The molecule has 4 rings (SSSR count). The van der Waals surface area contributed by atoms with E-state index in [1.807, 2.05) is 19.1 Å². The number of rotatable bonds is 5. The fraction of sp³-hybridized carbons (Fsp3) is 0.304. The molecule has 0 radical (unpaired) electrons. The normalized spacial score (nSPS) is 15.3. The number of nitrogens with two attached hydrogens (primary N) is 1. The zero-order chi connectivity index (χ0) is 21.3. The van der Waals surface area contributed by atoms with Gasteiger partial charge in [0, 0.05) is 24.0 Å². The Morgan fingerprint density at radius 3 is 2.67 bits per heavy atom. The SMILES string of the molecule is Cc1ccc2c(NC(=O)c3cccc(OC4CCN(C)CC4)c3)c(C(N)=O)oc2c1. The molecule has 3 aromatic rings. The van der Waals surface area contributed by atoms with Crippen LogP contribution in [-0.2, 0) is 0 Å². The lowest BCUT2D eigenvalue weighted by Gasteiger charge is -2.29. The predicted octanol–water partition coefficient (Wildman–Crippen LogP) is 3.57. The number of nitrogens with zero attached hydrogens (tertiary/aromatic N) is 1. The van der Waals surface area contributed by atoms with E-state index in [1.54, 1.807) is 30.3 Å². The van der Waals surface area contributed by atoms with E-state index < -0.39 is 5.91 Å². The maximum atomic E-state index is 12.9. The summed E-state index contributed by atoms with van der Waals surface area (Å²) in [6.45, 7) is 3.90. The highest BCUT2D eigenvalue weighted by Gasteiger charge is 2.22. The van der Waals surface area contributed by atoms with E-state index in [-0.39, 0.29) is 23.5 Å². The number of piperidine rings is 1. The Labute approximate surface area is 174 Å². The minimum absolute atomic E-state index is 0.0670. The van der Waals surface area contributed by atoms with Crippen LogP contribution < -0.4 is 15.8 Å². The molecule has 7 nitrogen and oxygen atoms in total. The number of likely N-dealkylation sites (tertiary alicyclic amines) is 1. The highest BCUT2D eigenvalue weighted by atomic mass is 16.5. The summed E-state index contributed by atoms with van der Waals surface area (Å²) in [5.41, 5.74) is 7.65. The van der Waals surface area contributed by atoms with Gasteiger partial charge in [-0.3, -0.25) is 9.59 Å². The molecule has 1 saturated heterocycles.